The Kier molecular flexibility index (Phi) is 6.91. The Morgan fingerprint density at radius 3 is 2.04 bits per heavy atom. The number of hydrogen-bond acceptors (Lipinski definition) is 5. The van der Waals surface area contributed by atoms with Gasteiger partial charge in [0.25, 0.3) is 0 Å². The number of aliphatic hydroxyl groups is 3. The van der Waals surface area contributed by atoms with Gasteiger partial charge in [0.15, 0.2) is 0 Å². The molecule has 0 heterocycles. The topological polar surface area (TPSA) is 84.2 Å². The van der Waals surface area contributed by atoms with E-state index in [9.17, 15) is 20.5 Å². The SMILES string of the molecule is CC(C)C(C)C(O)C(C)(C)N(O)C(C)(C)C(O)C1(C)C=CC=CC(O)=C1. The number of aliphatic hydroxyl groups excluding tert-OH is 3. The predicted molar refractivity (Wildman–Crippen MR) is 105 cm³/mol. The third kappa shape index (κ3) is 4.39. The van der Waals surface area contributed by atoms with Crippen LogP contribution in [0, 0.1) is 17.3 Å². The highest BCUT2D eigenvalue weighted by molar-refractivity contribution is 5.29. The first kappa shape index (κ1) is 22.9. The highest BCUT2D eigenvalue weighted by Crippen LogP contribution is 2.40. The maximum Gasteiger partial charge on any atom is 0.112 e. The summed E-state index contributed by atoms with van der Waals surface area (Å²) in [5.41, 5.74) is -2.97. The van der Waals surface area contributed by atoms with Crippen molar-refractivity contribution in [2.45, 2.75) is 78.7 Å². The van der Waals surface area contributed by atoms with Gasteiger partial charge in [0, 0.05) is 5.41 Å². The fraction of sp³-hybridized carbons (Fsp3) is 0.714. The smallest absolute Gasteiger partial charge is 0.112 e. The molecule has 0 aromatic rings. The van der Waals surface area contributed by atoms with Crippen molar-refractivity contribution in [1.29, 1.82) is 0 Å². The summed E-state index contributed by atoms with van der Waals surface area (Å²) in [6, 6.07) is 0. The van der Waals surface area contributed by atoms with Crippen LogP contribution in [0.3, 0.4) is 0 Å². The van der Waals surface area contributed by atoms with Crippen molar-refractivity contribution >= 4 is 0 Å². The maximum absolute atomic E-state index is 11.1. The molecule has 4 N–H and O–H groups in total. The number of hydrogen-bond donors (Lipinski definition) is 4. The van der Waals surface area contributed by atoms with Gasteiger partial charge in [0.2, 0.25) is 0 Å². The van der Waals surface area contributed by atoms with E-state index in [4.69, 9.17) is 0 Å². The lowest BCUT2D eigenvalue weighted by Gasteiger charge is -2.52. The summed E-state index contributed by atoms with van der Waals surface area (Å²) in [6.07, 6.45) is 6.56. The summed E-state index contributed by atoms with van der Waals surface area (Å²) in [4.78, 5) is 0. The summed E-state index contributed by atoms with van der Waals surface area (Å²) in [5, 5.41) is 44.1. The van der Waals surface area contributed by atoms with Crippen LogP contribution in [0.4, 0.5) is 0 Å². The molecule has 150 valence electrons. The molecular formula is C21H37NO4. The molecule has 0 aromatic heterocycles. The molecular weight excluding hydrogens is 330 g/mol. The van der Waals surface area contributed by atoms with Crippen LogP contribution in [0.5, 0.6) is 0 Å². The van der Waals surface area contributed by atoms with E-state index in [0.29, 0.717) is 0 Å². The van der Waals surface area contributed by atoms with Gasteiger partial charge in [-0.05, 0) is 58.6 Å². The fourth-order valence-corrected chi connectivity index (χ4v) is 3.75. The van der Waals surface area contributed by atoms with Gasteiger partial charge in [-0.3, -0.25) is 0 Å². The van der Waals surface area contributed by atoms with Gasteiger partial charge < -0.3 is 20.5 Å². The molecule has 0 saturated carbocycles. The summed E-state index contributed by atoms with van der Waals surface area (Å²) >= 11 is 0. The van der Waals surface area contributed by atoms with Crippen molar-refractivity contribution in [2.24, 2.45) is 17.3 Å². The van der Waals surface area contributed by atoms with Crippen LogP contribution >= 0.6 is 0 Å². The zero-order valence-electron chi connectivity index (χ0n) is 17.4. The van der Waals surface area contributed by atoms with Gasteiger partial charge in [-0.1, -0.05) is 39.0 Å². The predicted octanol–water partition coefficient (Wildman–Crippen LogP) is 3.82. The van der Waals surface area contributed by atoms with Crippen LogP contribution in [-0.4, -0.2) is 48.9 Å². The second-order valence-electron chi connectivity index (χ2n) is 9.22. The van der Waals surface area contributed by atoms with Gasteiger partial charge in [-0.25, -0.2) is 0 Å². The first-order chi connectivity index (χ1) is 11.7. The molecule has 0 aliphatic heterocycles. The molecule has 4 atom stereocenters. The zero-order chi connectivity index (χ0) is 20.5. The Bertz CT molecular complexity index is 577. The molecule has 0 radical (unpaired) electrons. The second kappa shape index (κ2) is 7.85. The van der Waals surface area contributed by atoms with Gasteiger partial charge >= 0.3 is 0 Å². The second-order valence-corrected chi connectivity index (χ2v) is 9.22. The number of nitrogens with zero attached hydrogens (tertiary/aromatic N) is 1. The molecule has 1 rings (SSSR count). The van der Waals surface area contributed by atoms with Crippen LogP contribution in [0.25, 0.3) is 0 Å². The summed E-state index contributed by atoms with van der Waals surface area (Å²) in [6.45, 7) is 14.8. The highest BCUT2D eigenvalue weighted by atomic mass is 16.5. The van der Waals surface area contributed by atoms with Crippen LogP contribution < -0.4 is 0 Å². The van der Waals surface area contributed by atoms with E-state index in [0.717, 1.165) is 5.06 Å². The van der Waals surface area contributed by atoms with Crippen molar-refractivity contribution < 1.29 is 20.5 Å². The van der Waals surface area contributed by atoms with E-state index < -0.39 is 28.7 Å². The third-order valence-corrected chi connectivity index (χ3v) is 5.92. The molecule has 0 saturated heterocycles. The molecule has 1 aliphatic rings. The van der Waals surface area contributed by atoms with Gasteiger partial charge in [-0.15, -0.1) is 0 Å². The van der Waals surface area contributed by atoms with Gasteiger partial charge in [0.05, 0.1) is 23.3 Å². The Balaban J connectivity index is 3.20. The molecule has 5 nitrogen and oxygen atoms in total. The van der Waals surface area contributed by atoms with E-state index in [1.807, 2.05) is 20.8 Å². The Morgan fingerprint density at radius 1 is 1.00 bits per heavy atom. The monoisotopic (exact) mass is 367 g/mol. The van der Waals surface area contributed by atoms with Crippen molar-refractivity contribution in [3.05, 3.63) is 36.1 Å². The molecule has 0 bridgehead atoms. The molecule has 0 fully saturated rings. The molecule has 0 amide bonds. The first-order valence-corrected chi connectivity index (χ1v) is 9.31. The average Bonchev–Trinajstić information content (AvgIpc) is 2.72. The van der Waals surface area contributed by atoms with E-state index in [-0.39, 0.29) is 17.6 Å². The largest absolute Gasteiger partial charge is 0.508 e. The summed E-state index contributed by atoms with van der Waals surface area (Å²) in [5.74, 6) is 0.276. The van der Waals surface area contributed by atoms with Crippen LogP contribution in [-0.2, 0) is 0 Å². The van der Waals surface area contributed by atoms with Crippen molar-refractivity contribution in [1.82, 2.24) is 5.06 Å². The highest BCUT2D eigenvalue weighted by Gasteiger charge is 2.51. The fourth-order valence-electron chi connectivity index (χ4n) is 3.75. The first-order valence-electron chi connectivity index (χ1n) is 9.31. The Morgan fingerprint density at radius 2 is 1.54 bits per heavy atom. The van der Waals surface area contributed by atoms with Crippen LogP contribution in [0.15, 0.2) is 36.1 Å². The van der Waals surface area contributed by atoms with Crippen LogP contribution in [0.1, 0.15) is 55.4 Å². The minimum absolute atomic E-state index is 0.0332. The average molecular weight is 368 g/mol. The Hall–Kier alpha value is -1.14. The zero-order valence-corrected chi connectivity index (χ0v) is 17.4. The normalized spacial score (nSPS) is 25.2. The lowest BCUT2D eigenvalue weighted by atomic mass is 9.72. The minimum Gasteiger partial charge on any atom is -0.508 e. The van der Waals surface area contributed by atoms with Crippen molar-refractivity contribution in [3.8, 4) is 0 Å². The number of allylic oxidation sites excluding steroid dienone is 3. The molecule has 5 heteroatoms. The van der Waals surface area contributed by atoms with Crippen molar-refractivity contribution in [2.75, 3.05) is 0 Å². The third-order valence-electron chi connectivity index (χ3n) is 5.92. The van der Waals surface area contributed by atoms with E-state index in [2.05, 4.69) is 0 Å². The van der Waals surface area contributed by atoms with Crippen molar-refractivity contribution in [3.63, 3.8) is 0 Å². The molecule has 4 unspecified atom stereocenters. The standard InChI is InChI=1S/C21H37NO4/c1-14(2)15(3)17(24)19(4,5)22(26)20(6,7)18(25)21(8)12-10-9-11-16(23)13-21/h9-15,17-18,23-26H,1-8H3. The molecule has 26 heavy (non-hydrogen) atoms. The molecule has 0 aromatic carbocycles. The Labute approximate surface area is 158 Å². The maximum atomic E-state index is 11.1. The van der Waals surface area contributed by atoms with E-state index in [1.54, 1.807) is 65.0 Å². The van der Waals surface area contributed by atoms with E-state index in [1.165, 1.54) is 0 Å². The lowest BCUT2D eigenvalue weighted by molar-refractivity contribution is -0.278. The lowest BCUT2D eigenvalue weighted by Crippen LogP contribution is -2.66. The van der Waals surface area contributed by atoms with E-state index >= 15 is 0 Å². The summed E-state index contributed by atoms with van der Waals surface area (Å²) in [7, 11) is 0. The summed E-state index contributed by atoms with van der Waals surface area (Å²) < 4.78 is 0. The van der Waals surface area contributed by atoms with Crippen LogP contribution in [0.2, 0.25) is 0 Å². The number of rotatable bonds is 7. The van der Waals surface area contributed by atoms with Gasteiger partial charge in [-0.2, -0.15) is 5.06 Å². The number of hydroxylamine groups is 2. The molecule has 0 spiro atoms. The minimum atomic E-state index is -1.10. The van der Waals surface area contributed by atoms with Gasteiger partial charge in [0.1, 0.15) is 5.76 Å². The quantitative estimate of drug-likeness (QED) is 0.514. The molecule has 1 aliphatic carbocycles.